The van der Waals surface area contributed by atoms with E-state index in [0.717, 1.165) is 42.6 Å². The van der Waals surface area contributed by atoms with E-state index in [1.165, 1.54) is 63.6 Å². The number of benzene rings is 3. The van der Waals surface area contributed by atoms with Crippen molar-refractivity contribution >= 4 is 60.9 Å². The lowest BCUT2D eigenvalue weighted by molar-refractivity contribution is -0.105. The predicted molar refractivity (Wildman–Crippen MR) is 300 cm³/mol. The van der Waals surface area contributed by atoms with Gasteiger partial charge in [0.1, 0.15) is 5.75 Å². The van der Waals surface area contributed by atoms with Crippen LogP contribution >= 0.6 is 0 Å². The molecule has 0 bridgehead atoms. The molecule has 0 saturated carbocycles. The van der Waals surface area contributed by atoms with E-state index in [1.807, 2.05) is 0 Å². The minimum Gasteiger partial charge on any atom is -0.463 e. The largest absolute Gasteiger partial charge is 0.498 e. The molecule has 3 aliphatic heterocycles. The van der Waals surface area contributed by atoms with Crippen LogP contribution in [0.1, 0.15) is 181 Å². The zero-order chi connectivity index (χ0) is 50.1. The minimum atomic E-state index is -2.02. The van der Waals surface area contributed by atoms with Crippen LogP contribution in [0.2, 0.25) is 36.3 Å². The molecule has 0 amide bonds. The number of ether oxygens (including phenoxy) is 2. The number of nitrogens with zero attached hydrogens (tertiary/aromatic N) is 1. The van der Waals surface area contributed by atoms with E-state index in [9.17, 15) is 0 Å². The fourth-order valence-electron chi connectivity index (χ4n) is 14.3. The third-order valence-corrected chi connectivity index (χ3v) is 28.8. The summed E-state index contributed by atoms with van der Waals surface area (Å²) in [5.41, 5.74) is 6.58. The summed E-state index contributed by atoms with van der Waals surface area (Å²) < 4.78 is 31.1. The molecule has 376 valence electrons. The molecule has 4 aromatic rings. The van der Waals surface area contributed by atoms with Crippen molar-refractivity contribution in [3.63, 3.8) is 0 Å². The molecule has 5 nitrogen and oxygen atoms in total. The second-order valence-corrected chi connectivity index (χ2v) is 36.4. The Morgan fingerprint density at radius 1 is 0.750 bits per heavy atom. The van der Waals surface area contributed by atoms with Crippen LogP contribution in [0.3, 0.4) is 0 Å². The number of rotatable bonds is 17. The van der Waals surface area contributed by atoms with E-state index in [2.05, 4.69) is 186 Å². The second kappa shape index (κ2) is 19.6. The normalized spacial score (nSPS) is 20.9. The van der Waals surface area contributed by atoms with E-state index in [1.54, 1.807) is 15.9 Å². The average molecular weight is 962 g/mol. The van der Waals surface area contributed by atoms with Crippen LogP contribution in [0.4, 0.5) is 0 Å². The molecule has 2 unspecified atom stereocenters. The van der Waals surface area contributed by atoms with Crippen molar-refractivity contribution in [1.29, 1.82) is 0 Å². The Balaban J connectivity index is 1.70. The molecule has 2 atom stereocenters. The van der Waals surface area contributed by atoms with Gasteiger partial charge in [0.15, 0.2) is 6.29 Å². The molecule has 7 rings (SSSR count). The molecule has 3 aliphatic rings. The SMILES string of the molecule is CC(C)C[Si](CC(C)C)(CC(C)C)c1ccc2c3ccc4c(c3n(-c3cc(C(C)(C)CC(C)(C)C)cc(B5OC(C)(C)C(C)(C)O5)c3OC3CCCCO3)c2c1)C(C)C[Si]4(CC(C)C)CC(C)C. The van der Waals surface area contributed by atoms with Crippen LogP contribution in [0.15, 0.2) is 42.5 Å². The Hall–Kier alpha value is -2.36. The third-order valence-electron chi connectivity index (χ3n) is 16.3. The lowest BCUT2D eigenvalue weighted by atomic mass is 9.69. The average Bonchev–Trinajstić information content (AvgIpc) is 3.74. The smallest absolute Gasteiger partial charge is 0.463 e. The number of fused-ring (bicyclic) bond motifs is 5. The van der Waals surface area contributed by atoms with Crippen LogP contribution in [-0.4, -0.2) is 51.9 Å². The standard InChI is InChI=1S/C60H96BNO4Si2/c1-39(2)32-67(33-40(3)4,34-41(5)6)46-24-25-47-48-26-27-52-54(44(11)37-68(52,35-42(7)8)36-43(9)10)55(48)62(50(47)31-46)51-30-45(58(15,16)38-57(12,13)14)29-49(56(51)64-53-23-21-22-28-63-53)61-65-59(17,18)60(19,20)66-61/h24-27,29-31,39-44,53H,21-23,28,32-38H2,1-20H3. The first kappa shape index (κ1) is 53.4. The maximum atomic E-state index is 7.52. The molecule has 0 aliphatic carbocycles. The van der Waals surface area contributed by atoms with Gasteiger partial charge in [-0.1, -0.05) is 182 Å². The van der Waals surface area contributed by atoms with Crippen molar-refractivity contribution in [3.05, 3.63) is 53.6 Å². The van der Waals surface area contributed by atoms with Crippen LogP contribution in [0.5, 0.6) is 5.75 Å². The zero-order valence-corrected chi connectivity index (χ0v) is 49.0. The lowest BCUT2D eigenvalue weighted by Crippen LogP contribution is -2.50. The highest BCUT2D eigenvalue weighted by Crippen LogP contribution is 2.49. The van der Waals surface area contributed by atoms with E-state index < -0.39 is 34.5 Å². The van der Waals surface area contributed by atoms with Crippen molar-refractivity contribution in [2.24, 2.45) is 35.0 Å². The number of hydrogen-bond acceptors (Lipinski definition) is 4. The second-order valence-electron chi connectivity index (χ2n) is 27.7. The van der Waals surface area contributed by atoms with E-state index in [-0.39, 0.29) is 17.1 Å². The first-order valence-electron chi connectivity index (χ1n) is 27.4. The Morgan fingerprint density at radius 3 is 1.84 bits per heavy atom. The predicted octanol–water partition coefficient (Wildman–Crippen LogP) is 15.4. The van der Waals surface area contributed by atoms with E-state index in [4.69, 9.17) is 18.8 Å². The van der Waals surface area contributed by atoms with Gasteiger partial charge in [-0.05, 0) is 123 Å². The molecule has 68 heavy (non-hydrogen) atoms. The first-order valence-corrected chi connectivity index (χ1v) is 32.7. The van der Waals surface area contributed by atoms with E-state index >= 15 is 0 Å². The quantitative estimate of drug-likeness (QED) is 0.0989. The Labute approximate surface area is 418 Å². The molecular formula is C60H96BNO4Si2. The Kier molecular flexibility index (Phi) is 15.4. The maximum Gasteiger partial charge on any atom is 0.498 e. The molecule has 0 radical (unpaired) electrons. The monoisotopic (exact) mass is 962 g/mol. The Bertz CT molecular complexity index is 2360. The summed E-state index contributed by atoms with van der Waals surface area (Å²) in [5, 5.41) is 6.05. The highest BCUT2D eigenvalue weighted by Gasteiger charge is 2.54. The van der Waals surface area contributed by atoms with Gasteiger partial charge in [0.25, 0.3) is 0 Å². The number of aromatic nitrogens is 1. The van der Waals surface area contributed by atoms with Crippen LogP contribution in [0, 0.1) is 35.0 Å². The lowest BCUT2D eigenvalue weighted by Gasteiger charge is -2.37. The summed E-state index contributed by atoms with van der Waals surface area (Å²) in [7, 11) is -4.54. The molecule has 8 heteroatoms. The highest BCUT2D eigenvalue weighted by molar-refractivity contribution is 6.94. The zero-order valence-electron chi connectivity index (χ0n) is 47.0. The summed E-state index contributed by atoms with van der Waals surface area (Å²) >= 11 is 0. The third kappa shape index (κ3) is 10.7. The van der Waals surface area contributed by atoms with Gasteiger partial charge >= 0.3 is 7.12 Å². The van der Waals surface area contributed by atoms with Gasteiger partial charge in [-0.25, -0.2) is 0 Å². The molecule has 1 aromatic heterocycles. The van der Waals surface area contributed by atoms with Crippen molar-refractivity contribution in [2.75, 3.05) is 6.61 Å². The molecule has 0 spiro atoms. The van der Waals surface area contributed by atoms with Crippen molar-refractivity contribution in [2.45, 2.75) is 229 Å². The summed E-state index contributed by atoms with van der Waals surface area (Å²) in [4.78, 5) is 0. The summed E-state index contributed by atoms with van der Waals surface area (Å²) in [6.45, 7) is 48.7. The topological polar surface area (TPSA) is 41.9 Å². The van der Waals surface area contributed by atoms with Crippen molar-refractivity contribution < 1.29 is 18.8 Å². The van der Waals surface area contributed by atoms with Crippen molar-refractivity contribution in [1.82, 2.24) is 4.57 Å². The van der Waals surface area contributed by atoms with Crippen LogP contribution in [0.25, 0.3) is 27.5 Å². The molecule has 2 saturated heterocycles. The molecule has 0 N–H and O–H groups in total. The first-order chi connectivity index (χ1) is 31.5. The summed E-state index contributed by atoms with van der Waals surface area (Å²) in [5.74, 6) is 4.50. The fraction of sp³-hybridized carbons (Fsp3) is 0.700. The van der Waals surface area contributed by atoms with Gasteiger partial charge in [0, 0.05) is 22.7 Å². The van der Waals surface area contributed by atoms with Gasteiger partial charge in [0.05, 0.1) is 50.7 Å². The van der Waals surface area contributed by atoms with Gasteiger partial charge < -0.3 is 23.3 Å². The Morgan fingerprint density at radius 2 is 1.32 bits per heavy atom. The van der Waals surface area contributed by atoms with Gasteiger partial charge in [-0.2, -0.15) is 0 Å². The van der Waals surface area contributed by atoms with Gasteiger partial charge in [-0.15, -0.1) is 0 Å². The van der Waals surface area contributed by atoms with Crippen LogP contribution in [-0.2, 0) is 19.5 Å². The maximum absolute atomic E-state index is 7.52. The molecule has 3 aromatic carbocycles. The molecule has 2 fully saturated rings. The highest BCUT2D eigenvalue weighted by atomic mass is 28.3. The summed E-state index contributed by atoms with van der Waals surface area (Å²) in [6.07, 6.45) is 3.66. The fourth-order valence-corrected chi connectivity index (χ4v) is 28.1. The number of hydrogen-bond donors (Lipinski definition) is 0. The van der Waals surface area contributed by atoms with Crippen LogP contribution < -0.4 is 20.6 Å². The summed E-state index contributed by atoms with van der Waals surface area (Å²) in [6, 6.07) is 25.9. The minimum absolute atomic E-state index is 0.106. The molecular weight excluding hydrogens is 866 g/mol. The van der Waals surface area contributed by atoms with Crippen molar-refractivity contribution in [3.8, 4) is 11.4 Å². The van der Waals surface area contributed by atoms with Gasteiger partial charge in [0.2, 0.25) is 0 Å². The molecule has 4 heterocycles. The van der Waals surface area contributed by atoms with Gasteiger partial charge in [-0.3, -0.25) is 0 Å². The van der Waals surface area contributed by atoms with E-state index in [0.29, 0.717) is 42.1 Å².